The van der Waals surface area contributed by atoms with Crippen LogP contribution in [0.4, 0.5) is 11.4 Å². The maximum atomic E-state index is 9.98. The van der Waals surface area contributed by atoms with E-state index in [2.05, 4.69) is 20.0 Å². The molecule has 32 heavy (non-hydrogen) atoms. The van der Waals surface area contributed by atoms with E-state index in [1.807, 2.05) is 60.7 Å². The molecule has 0 spiro atoms. The Kier molecular flexibility index (Phi) is 5.01. The first-order valence-electron chi connectivity index (χ1n) is 10.0. The number of phenols is 2. The Morgan fingerprint density at radius 1 is 0.562 bits per heavy atom. The van der Waals surface area contributed by atoms with Gasteiger partial charge in [0, 0.05) is 46.7 Å². The average molecular weight is 418 g/mol. The molecule has 0 aliphatic rings. The van der Waals surface area contributed by atoms with Gasteiger partial charge in [-0.2, -0.15) is 0 Å². The molecule has 3 aromatic carbocycles. The number of benzene rings is 3. The smallest absolute Gasteiger partial charge is 0.141 e. The third-order valence-corrected chi connectivity index (χ3v) is 5.12. The maximum absolute atomic E-state index is 9.98. The fraction of sp³-hybridized carbons (Fsp3) is 0. The van der Waals surface area contributed by atoms with Gasteiger partial charge in [0.25, 0.3) is 0 Å². The van der Waals surface area contributed by atoms with Crippen molar-refractivity contribution in [2.45, 2.75) is 0 Å². The molecule has 0 saturated carbocycles. The molecule has 0 radical (unpaired) electrons. The van der Waals surface area contributed by atoms with Crippen LogP contribution in [0.1, 0.15) is 11.1 Å². The number of phenolic OH excluding ortho intramolecular Hbond substituents is 2. The van der Waals surface area contributed by atoms with Gasteiger partial charge in [-0.1, -0.05) is 12.1 Å². The van der Waals surface area contributed by atoms with Crippen LogP contribution in [0.25, 0.3) is 21.8 Å². The van der Waals surface area contributed by atoms with Gasteiger partial charge < -0.3 is 10.2 Å². The Bertz CT molecular complexity index is 1380. The van der Waals surface area contributed by atoms with E-state index in [0.717, 1.165) is 33.3 Å². The quantitative estimate of drug-likeness (QED) is 0.367. The number of hydrogen-bond donors (Lipinski definition) is 2. The summed E-state index contributed by atoms with van der Waals surface area (Å²) < 4.78 is 0. The van der Waals surface area contributed by atoms with Crippen LogP contribution in [0.5, 0.6) is 11.5 Å². The second-order valence-electron chi connectivity index (χ2n) is 7.18. The predicted octanol–water partition coefficient (Wildman–Crippen LogP) is 5.70. The van der Waals surface area contributed by atoms with Crippen molar-refractivity contribution in [2.75, 3.05) is 0 Å². The third-order valence-electron chi connectivity index (χ3n) is 5.12. The summed E-state index contributed by atoms with van der Waals surface area (Å²) in [5.41, 5.74) is 4.43. The molecular weight excluding hydrogens is 400 g/mol. The summed E-state index contributed by atoms with van der Waals surface area (Å²) in [4.78, 5) is 17.6. The molecule has 0 saturated heterocycles. The molecule has 154 valence electrons. The number of nitrogens with zero attached hydrogens (tertiary/aromatic N) is 4. The average Bonchev–Trinajstić information content (AvgIpc) is 2.84. The van der Waals surface area contributed by atoms with E-state index in [1.54, 1.807) is 37.0 Å². The summed E-state index contributed by atoms with van der Waals surface area (Å²) in [5, 5.41) is 21.6. The number of aliphatic imine (C=N–C) groups is 2. The zero-order chi connectivity index (χ0) is 21.9. The van der Waals surface area contributed by atoms with E-state index < -0.39 is 0 Å². The molecule has 0 unspecified atom stereocenters. The topological polar surface area (TPSA) is 91.0 Å². The maximum Gasteiger partial charge on any atom is 0.141 e. The standard InChI is InChI=1S/C26H18N4O2/c31-23-11-5-17(21-3-1-13-27-25(21)23)15-29-19-7-9-20(10-8-19)30-16-18-6-12-24(32)26-22(18)4-2-14-28-26/h1-16,31-32H. The molecule has 2 heterocycles. The molecule has 5 aromatic rings. The number of pyridine rings is 2. The highest BCUT2D eigenvalue weighted by atomic mass is 16.3. The van der Waals surface area contributed by atoms with Crippen molar-refractivity contribution in [1.82, 2.24) is 9.97 Å². The Labute approximate surface area is 183 Å². The normalized spacial score (nSPS) is 11.8. The van der Waals surface area contributed by atoms with E-state index in [1.165, 1.54) is 0 Å². The van der Waals surface area contributed by atoms with E-state index in [0.29, 0.717) is 11.0 Å². The minimum atomic E-state index is 0.150. The predicted molar refractivity (Wildman–Crippen MR) is 128 cm³/mol. The minimum absolute atomic E-state index is 0.150. The van der Waals surface area contributed by atoms with Crippen molar-refractivity contribution >= 4 is 45.6 Å². The summed E-state index contributed by atoms with van der Waals surface area (Å²) >= 11 is 0. The number of aromatic nitrogens is 2. The largest absolute Gasteiger partial charge is 0.506 e. The van der Waals surface area contributed by atoms with Gasteiger partial charge in [0.05, 0.1) is 11.4 Å². The van der Waals surface area contributed by atoms with E-state index in [-0.39, 0.29) is 11.5 Å². The van der Waals surface area contributed by atoms with Crippen LogP contribution in [0, 0.1) is 0 Å². The first kappa shape index (κ1) is 19.4. The van der Waals surface area contributed by atoms with Crippen molar-refractivity contribution in [3.63, 3.8) is 0 Å². The zero-order valence-corrected chi connectivity index (χ0v) is 16.9. The fourth-order valence-corrected chi connectivity index (χ4v) is 3.50. The van der Waals surface area contributed by atoms with Crippen molar-refractivity contribution in [3.8, 4) is 11.5 Å². The summed E-state index contributed by atoms with van der Waals surface area (Å²) in [7, 11) is 0. The minimum Gasteiger partial charge on any atom is -0.506 e. The molecule has 6 heteroatoms. The van der Waals surface area contributed by atoms with E-state index in [9.17, 15) is 10.2 Å². The van der Waals surface area contributed by atoms with Gasteiger partial charge in [-0.25, -0.2) is 0 Å². The molecule has 0 aliphatic heterocycles. The molecule has 2 aromatic heterocycles. The second kappa shape index (κ2) is 8.28. The molecule has 0 bridgehead atoms. The second-order valence-corrected chi connectivity index (χ2v) is 7.18. The lowest BCUT2D eigenvalue weighted by atomic mass is 10.1. The van der Waals surface area contributed by atoms with Crippen LogP contribution in [-0.2, 0) is 0 Å². The van der Waals surface area contributed by atoms with Gasteiger partial charge in [-0.05, 0) is 60.7 Å². The van der Waals surface area contributed by atoms with Crippen LogP contribution >= 0.6 is 0 Å². The zero-order valence-electron chi connectivity index (χ0n) is 16.9. The lowest BCUT2D eigenvalue weighted by molar-refractivity contribution is 0.480. The molecule has 0 aliphatic carbocycles. The van der Waals surface area contributed by atoms with Crippen LogP contribution in [0.3, 0.4) is 0 Å². The highest BCUT2D eigenvalue weighted by Crippen LogP contribution is 2.27. The molecule has 6 nitrogen and oxygen atoms in total. The van der Waals surface area contributed by atoms with Crippen molar-refractivity contribution in [3.05, 3.63) is 96.3 Å². The van der Waals surface area contributed by atoms with Crippen molar-refractivity contribution in [2.24, 2.45) is 9.98 Å². The highest BCUT2D eigenvalue weighted by Gasteiger charge is 2.05. The van der Waals surface area contributed by atoms with Gasteiger partial charge in [0.2, 0.25) is 0 Å². The molecule has 0 amide bonds. The lowest BCUT2D eigenvalue weighted by Gasteiger charge is -2.04. The number of fused-ring (bicyclic) bond motifs is 2. The fourth-order valence-electron chi connectivity index (χ4n) is 3.50. The summed E-state index contributed by atoms with van der Waals surface area (Å²) in [6.07, 6.45) is 6.83. The highest BCUT2D eigenvalue weighted by molar-refractivity contribution is 6.02. The molecular formula is C26H18N4O2. The Balaban J connectivity index is 1.38. The number of aromatic hydroxyl groups is 2. The molecule has 0 atom stereocenters. The SMILES string of the molecule is Oc1ccc(C=Nc2ccc(N=Cc3ccc(O)c4ncccc34)cc2)c2cccnc12. The van der Waals surface area contributed by atoms with Gasteiger partial charge >= 0.3 is 0 Å². The summed E-state index contributed by atoms with van der Waals surface area (Å²) in [5.74, 6) is 0.300. The van der Waals surface area contributed by atoms with Gasteiger partial charge in [-0.15, -0.1) is 0 Å². The molecule has 0 fully saturated rings. The van der Waals surface area contributed by atoms with Crippen molar-refractivity contribution < 1.29 is 10.2 Å². The van der Waals surface area contributed by atoms with E-state index >= 15 is 0 Å². The lowest BCUT2D eigenvalue weighted by Crippen LogP contribution is -1.87. The number of hydrogen-bond acceptors (Lipinski definition) is 6. The Morgan fingerprint density at radius 2 is 1.00 bits per heavy atom. The number of rotatable bonds is 4. The van der Waals surface area contributed by atoms with E-state index in [4.69, 9.17) is 0 Å². The Hall–Kier alpha value is -4.58. The first-order valence-corrected chi connectivity index (χ1v) is 10.0. The van der Waals surface area contributed by atoms with Gasteiger partial charge in [-0.3, -0.25) is 20.0 Å². The third kappa shape index (κ3) is 3.77. The summed E-state index contributed by atoms with van der Waals surface area (Å²) in [6, 6.07) is 21.9. The van der Waals surface area contributed by atoms with Gasteiger partial charge in [0.15, 0.2) is 0 Å². The van der Waals surface area contributed by atoms with Gasteiger partial charge in [0.1, 0.15) is 22.5 Å². The van der Waals surface area contributed by atoms with Crippen LogP contribution in [0.15, 0.2) is 95.2 Å². The summed E-state index contributed by atoms with van der Waals surface area (Å²) in [6.45, 7) is 0. The first-order chi connectivity index (χ1) is 15.7. The van der Waals surface area contributed by atoms with Crippen LogP contribution in [0.2, 0.25) is 0 Å². The van der Waals surface area contributed by atoms with Crippen LogP contribution < -0.4 is 0 Å². The van der Waals surface area contributed by atoms with Crippen LogP contribution in [-0.4, -0.2) is 32.6 Å². The molecule has 2 N–H and O–H groups in total. The molecule has 5 rings (SSSR count). The Morgan fingerprint density at radius 3 is 1.44 bits per heavy atom. The monoisotopic (exact) mass is 418 g/mol. The van der Waals surface area contributed by atoms with Crippen molar-refractivity contribution in [1.29, 1.82) is 0 Å².